The Bertz CT molecular complexity index is 1540. The molecule has 0 aliphatic heterocycles. The van der Waals surface area contributed by atoms with E-state index in [4.69, 9.17) is 4.42 Å². The molecule has 0 atom stereocenters. The predicted octanol–water partition coefficient (Wildman–Crippen LogP) is 6.11. The summed E-state index contributed by atoms with van der Waals surface area (Å²) in [4.78, 5) is 11.8. The Kier molecular flexibility index (Phi) is 6.22. The first-order valence-electron chi connectivity index (χ1n) is 11.1. The van der Waals surface area contributed by atoms with Gasteiger partial charge in [-0.15, -0.1) is 0 Å². The molecule has 0 saturated heterocycles. The van der Waals surface area contributed by atoms with Crippen molar-refractivity contribution in [2.75, 3.05) is 0 Å². The van der Waals surface area contributed by atoms with Gasteiger partial charge in [-0.2, -0.15) is 13.2 Å². The standard InChI is InChI=1S/C30H19F3O2P/c31-30(32,33)27-21-29(34)35-28-20-22(16-17-26(27)28)18-19-36(23-10-4-1-5-11-23,24-12-6-2-7-13-24)25-14-8-3-9-15-25/h1-17,20-21H/q+1. The zero-order chi connectivity index (χ0) is 25.2. The molecule has 36 heavy (non-hydrogen) atoms. The van der Waals surface area contributed by atoms with E-state index in [1.807, 2.05) is 54.6 Å². The molecule has 4 aromatic carbocycles. The van der Waals surface area contributed by atoms with E-state index in [-0.39, 0.29) is 11.0 Å². The maximum Gasteiger partial charge on any atom is 0.417 e. The number of alkyl halides is 3. The Morgan fingerprint density at radius 1 is 0.667 bits per heavy atom. The Labute approximate surface area is 206 Å². The van der Waals surface area contributed by atoms with Crippen molar-refractivity contribution >= 4 is 34.1 Å². The van der Waals surface area contributed by atoms with Crippen molar-refractivity contribution < 1.29 is 17.6 Å². The van der Waals surface area contributed by atoms with Crippen LogP contribution in [-0.2, 0) is 6.18 Å². The monoisotopic (exact) mass is 499 g/mol. The molecule has 0 bridgehead atoms. The number of hydrogen-bond acceptors (Lipinski definition) is 2. The van der Waals surface area contributed by atoms with Gasteiger partial charge in [-0.05, 0) is 60.5 Å². The third-order valence-corrected chi connectivity index (χ3v) is 9.51. The van der Waals surface area contributed by atoms with Gasteiger partial charge in [0.05, 0.1) is 11.2 Å². The Balaban J connectivity index is 1.76. The molecule has 0 radical (unpaired) electrons. The van der Waals surface area contributed by atoms with Gasteiger partial charge in [0.15, 0.2) is 7.26 Å². The highest BCUT2D eigenvalue weighted by Gasteiger charge is 2.44. The molecule has 176 valence electrons. The molecule has 0 saturated carbocycles. The van der Waals surface area contributed by atoms with Crippen LogP contribution in [0.2, 0.25) is 0 Å². The molecule has 0 amide bonds. The van der Waals surface area contributed by atoms with E-state index < -0.39 is 24.6 Å². The summed E-state index contributed by atoms with van der Waals surface area (Å²) in [5.41, 5.74) is 1.77. The van der Waals surface area contributed by atoms with Crippen LogP contribution < -0.4 is 21.5 Å². The number of fused-ring (bicyclic) bond motifs is 1. The van der Waals surface area contributed by atoms with Crippen molar-refractivity contribution in [1.29, 1.82) is 0 Å². The van der Waals surface area contributed by atoms with Crippen LogP contribution in [0.25, 0.3) is 11.0 Å². The largest absolute Gasteiger partial charge is 0.423 e. The molecular weight excluding hydrogens is 480 g/mol. The van der Waals surface area contributed by atoms with E-state index in [1.54, 1.807) is 0 Å². The minimum Gasteiger partial charge on any atom is -0.423 e. The molecule has 5 rings (SSSR count). The second kappa shape index (κ2) is 9.49. The van der Waals surface area contributed by atoms with Crippen molar-refractivity contribution in [1.82, 2.24) is 0 Å². The first kappa shape index (κ1) is 23.6. The van der Waals surface area contributed by atoms with Crippen LogP contribution in [0.4, 0.5) is 13.2 Å². The summed E-state index contributed by atoms with van der Waals surface area (Å²) in [5, 5.41) is 2.99. The fraction of sp³-hybridized carbons (Fsp3) is 0.0333. The molecule has 0 fully saturated rings. The highest BCUT2D eigenvalue weighted by atomic mass is 31.2. The normalized spacial score (nSPS) is 11.6. The number of hydrogen-bond donors (Lipinski definition) is 0. The summed E-state index contributed by atoms with van der Waals surface area (Å²) in [6, 6.07) is 34.7. The molecule has 0 unspecified atom stereocenters. The summed E-state index contributed by atoms with van der Waals surface area (Å²) in [5.74, 6) is 3.21. The Hall–Kier alpha value is -4.13. The van der Waals surface area contributed by atoms with Gasteiger partial charge < -0.3 is 4.42 Å². The quantitative estimate of drug-likeness (QED) is 0.170. The van der Waals surface area contributed by atoms with E-state index in [0.29, 0.717) is 11.6 Å². The molecule has 0 aliphatic rings. The van der Waals surface area contributed by atoms with E-state index >= 15 is 0 Å². The second-order valence-electron chi connectivity index (χ2n) is 8.10. The van der Waals surface area contributed by atoms with Gasteiger partial charge in [-0.1, -0.05) is 54.6 Å². The molecule has 2 nitrogen and oxygen atoms in total. The van der Waals surface area contributed by atoms with Crippen molar-refractivity contribution in [3.8, 4) is 11.6 Å². The van der Waals surface area contributed by atoms with Crippen molar-refractivity contribution in [3.63, 3.8) is 0 Å². The summed E-state index contributed by atoms with van der Waals surface area (Å²) >= 11 is 0. The van der Waals surface area contributed by atoms with Gasteiger partial charge in [-0.3, -0.25) is 0 Å². The molecule has 0 N–H and O–H groups in total. The van der Waals surface area contributed by atoms with Gasteiger partial charge >= 0.3 is 11.8 Å². The van der Waals surface area contributed by atoms with Crippen LogP contribution in [0, 0.1) is 11.6 Å². The van der Waals surface area contributed by atoms with Crippen LogP contribution >= 0.6 is 7.26 Å². The third kappa shape index (κ3) is 4.44. The van der Waals surface area contributed by atoms with Crippen LogP contribution in [0.5, 0.6) is 0 Å². The molecule has 5 aromatic rings. The lowest BCUT2D eigenvalue weighted by atomic mass is 10.1. The maximum atomic E-state index is 13.5. The van der Waals surface area contributed by atoms with Crippen molar-refractivity contribution in [2.45, 2.75) is 6.18 Å². The molecule has 1 aromatic heterocycles. The van der Waals surface area contributed by atoms with Gasteiger partial charge in [0.1, 0.15) is 21.5 Å². The van der Waals surface area contributed by atoms with Gasteiger partial charge in [0, 0.05) is 17.0 Å². The Morgan fingerprint density at radius 2 is 1.17 bits per heavy atom. The maximum absolute atomic E-state index is 13.5. The second-order valence-corrected chi connectivity index (χ2v) is 11.2. The van der Waals surface area contributed by atoms with Crippen LogP contribution in [0.3, 0.4) is 0 Å². The van der Waals surface area contributed by atoms with Crippen LogP contribution in [0.1, 0.15) is 11.1 Å². The van der Waals surface area contributed by atoms with E-state index in [1.165, 1.54) is 18.2 Å². The van der Waals surface area contributed by atoms with E-state index in [9.17, 15) is 18.0 Å². The average molecular weight is 499 g/mol. The fourth-order valence-electron chi connectivity index (χ4n) is 4.22. The van der Waals surface area contributed by atoms with E-state index in [2.05, 4.69) is 48.0 Å². The number of benzene rings is 4. The lowest BCUT2D eigenvalue weighted by molar-refractivity contribution is -0.136. The lowest BCUT2D eigenvalue weighted by Crippen LogP contribution is -2.29. The van der Waals surface area contributed by atoms with Crippen molar-refractivity contribution in [2.24, 2.45) is 0 Å². The van der Waals surface area contributed by atoms with Crippen LogP contribution in [0.15, 0.2) is 124 Å². The lowest BCUT2D eigenvalue weighted by Gasteiger charge is -2.21. The molecule has 0 spiro atoms. The zero-order valence-electron chi connectivity index (χ0n) is 18.9. The van der Waals surface area contributed by atoms with Gasteiger partial charge in [0.25, 0.3) is 0 Å². The minimum atomic E-state index is -4.67. The topological polar surface area (TPSA) is 30.2 Å². The highest BCUT2D eigenvalue weighted by Crippen LogP contribution is 2.54. The third-order valence-electron chi connectivity index (χ3n) is 5.85. The first-order valence-corrected chi connectivity index (χ1v) is 12.9. The molecular formula is C30H19F3O2P+. The average Bonchev–Trinajstić information content (AvgIpc) is 2.90. The minimum absolute atomic E-state index is 0.148. The number of halogens is 3. The number of rotatable bonds is 3. The molecule has 1 heterocycles. The first-order chi connectivity index (χ1) is 17.4. The molecule has 6 heteroatoms. The predicted molar refractivity (Wildman–Crippen MR) is 140 cm³/mol. The SMILES string of the molecule is O=c1cc(C(F)(F)F)c2ccc(C#C[P+](c3ccccc3)(c3ccccc3)c3ccccc3)cc2o1. The zero-order valence-corrected chi connectivity index (χ0v) is 19.8. The van der Waals surface area contributed by atoms with Gasteiger partial charge in [-0.25, -0.2) is 4.79 Å². The summed E-state index contributed by atoms with van der Waals surface area (Å²) in [6.07, 6.45) is -4.67. The smallest absolute Gasteiger partial charge is 0.417 e. The van der Waals surface area contributed by atoms with Crippen LogP contribution in [-0.4, -0.2) is 0 Å². The van der Waals surface area contributed by atoms with Gasteiger partial charge in [0.2, 0.25) is 0 Å². The highest BCUT2D eigenvalue weighted by molar-refractivity contribution is 7.99. The van der Waals surface area contributed by atoms with Crippen molar-refractivity contribution in [3.05, 3.63) is 137 Å². The summed E-state index contributed by atoms with van der Waals surface area (Å²) in [6.45, 7) is 0. The van der Waals surface area contributed by atoms with E-state index in [0.717, 1.165) is 15.9 Å². The Morgan fingerprint density at radius 3 is 1.64 bits per heavy atom. The fourth-order valence-corrected chi connectivity index (χ4v) is 7.66. The summed E-state index contributed by atoms with van der Waals surface area (Å²) in [7, 11) is -2.46. The summed E-state index contributed by atoms with van der Waals surface area (Å²) < 4.78 is 45.5. The molecule has 0 aliphatic carbocycles.